The van der Waals surface area contributed by atoms with Crippen LogP contribution in [0.4, 0.5) is 5.13 Å². The molecule has 1 aromatic heterocycles. The molecule has 0 spiro atoms. The van der Waals surface area contributed by atoms with Crippen molar-refractivity contribution in [2.24, 2.45) is 5.92 Å². The number of fused-ring (bicyclic) bond motifs is 1. The average Bonchev–Trinajstić information content (AvgIpc) is 2.91. The maximum Gasteiger partial charge on any atom is 0.219 e. The van der Waals surface area contributed by atoms with Crippen LogP contribution in [0.1, 0.15) is 45.4 Å². The summed E-state index contributed by atoms with van der Waals surface area (Å²) >= 11 is 1.80. The summed E-state index contributed by atoms with van der Waals surface area (Å²) < 4.78 is 1.27. The molecule has 1 amide bonds. The average molecular weight is 358 g/mol. The molecule has 1 aromatic carbocycles. The summed E-state index contributed by atoms with van der Waals surface area (Å²) in [6, 6.07) is 8.84. The zero-order valence-corrected chi connectivity index (χ0v) is 15.8. The van der Waals surface area contributed by atoms with Crippen LogP contribution in [-0.4, -0.2) is 41.5 Å². The molecule has 134 valence electrons. The van der Waals surface area contributed by atoms with Gasteiger partial charge in [0, 0.05) is 32.6 Å². The number of carbonyl (C=O) groups excluding carboxylic acids is 1. The van der Waals surface area contributed by atoms with Gasteiger partial charge in [0.2, 0.25) is 5.91 Å². The highest BCUT2D eigenvalue weighted by molar-refractivity contribution is 7.22. The molecular formula is C20H27N3OS. The van der Waals surface area contributed by atoms with E-state index in [2.05, 4.69) is 34.1 Å². The Morgan fingerprint density at radius 2 is 1.88 bits per heavy atom. The van der Waals surface area contributed by atoms with Crippen LogP contribution >= 0.6 is 11.3 Å². The van der Waals surface area contributed by atoms with Gasteiger partial charge in [-0.3, -0.25) is 4.79 Å². The van der Waals surface area contributed by atoms with Gasteiger partial charge in [0.15, 0.2) is 5.13 Å². The number of piperidine rings is 1. The van der Waals surface area contributed by atoms with Crippen LogP contribution < -0.4 is 4.90 Å². The van der Waals surface area contributed by atoms with E-state index in [9.17, 15) is 4.79 Å². The fraction of sp³-hybridized carbons (Fsp3) is 0.600. The number of carbonyl (C=O) groups is 1. The Balaban J connectivity index is 1.44. The van der Waals surface area contributed by atoms with Gasteiger partial charge in [-0.1, -0.05) is 36.3 Å². The van der Waals surface area contributed by atoms with Gasteiger partial charge in [0.25, 0.3) is 0 Å². The SMILES string of the molecule is CC(=O)N1CCCCCC1C1CCN(c2nc3ccccc3s2)CC1. The van der Waals surface area contributed by atoms with E-state index in [4.69, 9.17) is 4.98 Å². The van der Waals surface area contributed by atoms with E-state index in [1.54, 1.807) is 18.3 Å². The van der Waals surface area contributed by atoms with E-state index in [0.29, 0.717) is 12.0 Å². The number of anilines is 1. The van der Waals surface area contributed by atoms with Crippen LogP contribution in [0, 0.1) is 5.92 Å². The highest BCUT2D eigenvalue weighted by Gasteiger charge is 2.33. The molecule has 0 bridgehead atoms. The van der Waals surface area contributed by atoms with E-state index in [1.807, 2.05) is 0 Å². The molecule has 0 radical (unpaired) electrons. The molecule has 0 N–H and O–H groups in total. The molecule has 2 fully saturated rings. The molecule has 3 heterocycles. The van der Waals surface area contributed by atoms with Crippen molar-refractivity contribution in [2.45, 2.75) is 51.5 Å². The van der Waals surface area contributed by atoms with Crippen molar-refractivity contribution >= 4 is 32.6 Å². The maximum absolute atomic E-state index is 12.1. The van der Waals surface area contributed by atoms with Crippen LogP contribution in [0.15, 0.2) is 24.3 Å². The van der Waals surface area contributed by atoms with E-state index in [-0.39, 0.29) is 5.91 Å². The van der Waals surface area contributed by atoms with Gasteiger partial charge in [-0.15, -0.1) is 0 Å². The summed E-state index contributed by atoms with van der Waals surface area (Å²) in [5, 5.41) is 1.16. The van der Waals surface area contributed by atoms with E-state index < -0.39 is 0 Å². The Kier molecular flexibility index (Phi) is 4.93. The van der Waals surface area contributed by atoms with Crippen LogP contribution in [0.2, 0.25) is 0 Å². The van der Waals surface area contributed by atoms with Crippen molar-refractivity contribution in [3.8, 4) is 0 Å². The largest absolute Gasteiger partial charge is 0.348 e. The molecule has 2 aliphatic rings. The van der Waals surface area contributed by atoms with Crippen LogP contribution in [0.25, 0.3) is 10.2 Å². The molecular weight excluding hydrogens is 330 g/mol. The molecule has 2 aromatic rings. The van der Waals surface area contributed by atoms with E-state index in [0.717, 1.165) is 30.3 Å². The first-order valence-electron chi connectivity index (χ1n) is 9.60. The summed E-state index contributed by atoms with van der Waals surface area (Å²) in [4.78, 5) is 21.5. The summed E-state index contributed by atoms with van der Waals surface area (Å²) in [7, 11) is 0. The molecule has 5 heteroatoms. The van der Waals surface area contributed by atoms with Crippen molar-refractivity contribution in [1.82, 2.24) is 9.88 Å². The fourth-order valence-corrected chi connectivity index (χ4v) is 5.50. The normalized spacial score (nSPS) is 23.0. The Morgan fingerprint density at radius 3 is 2.64 bits per heavy atom. The minimum atomic E-state index is 0.264. The molecule has 0 aliphatic carbocycles. The van der Waals surface area contributed by atoms with Crippen LogP contribution in [0.3, 0.4) is 0 Å². The molecule has 2 aliphatic heterocycles. The van der Waals surface area contributed by atoms with Crippen molar-refractivity contribution < 1.29 is 4.79 Å². The Bertz CT molecular complexity index is 702. The quantitative estimate of drug-likeness (QED) is 0.804. The Hall–Kier alpha value is -1.62. The van der Waals surface area contributed by atoms with Crippen molar-refractivity contribution in [3.05, 3.63) is 24.3 Å². The molecule has 4 nitrogen and oxygen atoms in total. The van der Waals surface area contributed by atoms with Gasteiger partial charge < -0.3 is 9.80 Å². The number of thiazole rings is 1. The maximum atomic E-state index is 12.1. The minimum absolute atomic E-state index is 0.264. The summed E-state index contributed by atoms with van der Waals surface area (Å²) in [5.41, 5.74) is 1.11. The molecule has 1 unspecified atom stereocenters. The third-order valence-electron chi connectivity index (χ3n) is 5.84. The van der Waals surface area contributed by atoms with Gasteiger partial charge in [-0.25, -0.2) is 4.98 Å². The highest BCUT2D eigenvalue weighted by atomic mass is 32.1. The molecule has 4 rings (SSSR count). The van der Waals surface area contributed by atoms with Crippen molar-refractivity contribution in [3.63, 3.8) is 0 Å². The standard InChI is InChI=1S/C20H27N3OS/c1-15(24)23-12-6-2-3-8-18(23)16-10-13-22(14-11-16)20-21-17-7-4-5-9-19(17)25-20/h4-5,7,9,16,18H,2-3,6,8,10-14H2,1H3. The van der Waals surface area contributed by atoms with E-state index >= 15 is 0 Å². The van der Waals surface area contributed by atoms with Gasteiger partial charge in [-0.2, -0.15) is 0 Å². The third-order valence-corrected chi connectivity index (χ3v) is 6.94. The number of nitrogens with zero attached hydrogens (tertiary/aromatic N) is 3. The lowest BCUT2D eigenvalue weighted by Gasteiger charge is -2.40. The number of benzene rings is 1. The zero-order chi connectivity index (χ0) is 17.2. The molecule has 25 heavy (non-hydrogen) atoms. The predicted molar refractivity (Wildman–Crippen MR) is 104 cm³/mol. The molecule has 2 saturated heterocycles. The number of aromatic nitrogens is 1. The number of hydrogen-bond acceptors (Lipinski definition) is 4. The van der Waals surface area contributed by atoms with Gasteiger partial charge in [0.1, 0.15) is 0 Å². The number of hydrogen-bond donors (Lipinski definition) is 0. The summed E-state index contributed by atoms with van der Waals surface area (Å²) in [6.45, 7) is 4.83. The molecule has 1 atom stereocenters. The predicted octanol–water partition coefficient (Wildman–Crippen LogP) is 4.30. The Labute approximate surface area is 153 Å². The second-order valence-corrected chi connectivity index (χ2v) is 8.43. The first kappa shape index (κ1) is 16.8. The summed E-state index contributed by atoms with van der Waals surface area (Å²) in [6.07, 6.45) is 7.23. The monoisotopic (exact) mass is 357 g/mol. The van der Waals surface area contributed by atoms with Crippen LogP contribution in [-0.2, 0) is 4.79 Å². The van der Waals surface area contributed by atoms with Crippen LogP contribution in [0.5, 0.6) is 0 Å². The number of likely N-dealkylation sites (tertiary alicyclic amines) is 1. The number of amides is 1. The topological polar surface area (TPSA) is 36.4 Å². The molecule has 0 saturated carbocycles. The van der Waals surface area contributed by atoms with E-state index in [1.165, 1.54) is 43.2 Å². The Morgan fingerprint density at radius 1 is 1.08 bits per heavy atom. The fourth-order valence-electron chi connectivity index (χ4n) is 4.49. The smallest absolute Gasteiger partial charge is 0.219 e. The first-order valence-corrected chi connectivity index (χ1v) is 10.4. The highest BCUT2D eigenvalue weighted by Crippen LogP contribution is 2.34. The van der Waals surface area contributed by atoms with Gasteiger partial charge >= 0.3 is 0 Å². The number of para-hydroxylation sites is 1. The van der Waals surface area contributed by atoms with Gasteiger partial charge in [0.05, 0.1) is 10.2 Å². The second kappa shape index (κ2) is 7.32. The minimum Gasteiger partial charge on any atom is -0.348 e. The van der Waals surface area contributed by atoms with Gasteiger partial charge in [-0.05, 0) is 43.7 Å². The lowest BCUT2D eigenvalue weighted by atomic mass is 9.86. The number of rotatable bonds is 2. The lowest BCUT2D eigenvalue weighted by molar-refractivity contribution is -0.132. The van der Waals surface area contributed by atoms with Crippen molar-refractivity contribution in [1.29, 1.82) is 0 Å². The third kappa shape index (κ3) is 3.52. The van der Waals surface area contributed by atoms with Crippen molar-refractivity contribution in [2.75, 3.05) is 24.5 Å². The zero-order valence-electron chi connectivity index (χ0n) is 15.0. The second-order valence-electron chi connectivity index (χ2n) is 7.42. The lowest BCUT2D eigenvalue weighted by Crippen LogP contribution is -2.47. The first-order chi connectivity index (χ1) is 12.2. The summed E-state index contributed by atoms with van der Waals surface area (Å²) in [5.74, 6) is 0.910.